The molecule has 20 heavy (non-hydrogen) atoms. The quantitative estimate of drug-likeness (QED) is 0.829. The van der Waals surface area contributed by atoms with Gasteiger partial charge in [0.2, 0.25) is 0 Å². The molecular formula is C14H9BrF3NO. The van der Waals surface area contributed by atoms with Gasteiger partial charge in [0.05, 0.1) is 0 Å². The summed E-state index contributed by atoms with van der Waals surface area (Å²) in [6.45, 7) is 0. The van der Waals surface area contributed by atoms with Crippen LogP contribution < -0.4 is 5.32 Å². The molecule has 0 atom stereocenters. The van der Waals surface area contributed by atoms with Crippen molar-refractivity contribution in [1.82, 2.24) is 0 Å². The molecule has 0 aliphatic carbocycles. The van der Waals surface area contributed by atoms with Crippen LogP contribution in [0.5, 0.6) is 0 Å². The van der Waals surface area contributed by atoms with Gasteiger partial charge in [-0.25, -0.2) is 13.2 Å². The molecule has 0 spiro atoms. The summed E-state index contributed by atoms with van der Waals surface area (Å²) in [5.74, 6) is -4.52. The second kappa shape index (κ2) is 6.09. The van der Waals surface area contributed by atoms with Crippen LogP contribution in [0.15, 0.2) is 36.4 Å². The third-order valence-corrected chi connectivity index (χ3v) is 3.22. The van der Waals surface area contributed by atoms with E-state index in [0.29, 0.717) is 23.2 Å². The number of hydrogen-bond donors (Lipinski definition) is 1. The Morgan fingerprint density at radius 3 is 2.35 bits per heavy atom. The van der Waals surface area contributed by atoms with Gasteiger partial charge in [-0.2, -0.15) is 0 Å². The number of benzene rings is 2. The average Bonchev–Trinajstić information content (AvgIpc) is 2.37. The van der Waals surface area contributed by atoms with Gasteiger partial charge in [-0.1, -0.05) is 28.1 Å². The molecule has 6 heteroatoms. The minimum absolute atomic E-state index is 0.398. The summed E-state index contributed by atoms with van der Waals surface area (Å²) in [5, 5.41) is 2.95. The van der Waals surface area contributed by atoms with Crippen LogP contribution in [0.4, 0.5) is 18.9 Å². The first kappa shape index (κ1) is 14.6. The van der Waals surface area contributed by atoms with Crippen molar-refractivity contribution in [3.63, 3.8) is 0 Å². The number of carbonyl (C=O) groups excluding carboxylic acids is 1. The van der Waals surface area contributed by atoms with Crippen molar-refractivity contribution in [2.45, 2.75) is 5.33 Å². The highest BCUT2D eigenvalue weighted by atomic mass is 79.9. The Kier molecular flexibility index (Phi) is 4.44. The van der Waals surface area contributed by atoms with Gasteiger partial charge in [0.15, 0.2) is 0 Å². The van der Waals surface area contributed by atoms with E-state index in [0.717, 1.165) is 5.56 Å². The summed E-state index contributed by atoms with van der Waals surface area (Å²) in [7, 11) is 0. The zero-order valence-electron chi connectivity index (χ0n) is 10.1. The smallest absolute Gasteiger partial charge is 0.261 e. The third kappa shape index (κ3) is 3.19. The number of rotatable bonds is 3. The fraction of sp³-hybridized carbons (Fsp3) is 0.0714. The summed E-state index contributed by atoms with van der Waals surface area (Å²) in [4.78, 5) is 11.8. The van der Waals surface area contributed by atoms with E-state index in [1.54, 1.807) is 18.2 Å². The van der Waals surface area contributed by atoms with Crippen LogP contribution in [0.2, 0.25) is 0 Å². The van der Waals surface area contributed by atoms with Crippen LogP contribution in [0, 0.1) is 17.5 Å². The topological polar surface area (TPSA) is 29.1 Å². The fourth-order valence-electron chi connectivity index (χ4n) is 1.68. The lowest BCUT2D eigenvalue weighted by atomic mass is 10.1. The van der Waals surface area contributed by atoms with Crippen LogP contribution in [0.1, 0.15) is 15.9 Å². The molecule has 0 aromatic heterocycles. The van der Waals surface area contributed by atoms with E-state index in [4.69, 9.17) is 0 Å². The SMILES string of the molecule is O=C(Nc1cccc(CBr)c1)c1c(F)cc(F)cc1F. The number of nitrogens with one attached hydrogen (secondary N) is 1. The Labute approximate surface area is 121 Å². The highest BCUT2D eigenvalue weighted by Gasteiger charge is 2.19. The molecule has 0 aliphatic heterocycles. The predicted octanol–water partition coefficient (Wildman–Crippen LogP) is 4.25. The van der Waals surface area contributed by atoms with Crippen molar-refractivity contribution >= 4 is 27.5 Å². The molecule has 0 radical (unpaired) electrons. The Balaban J connectivity index is 2.28. The highest BCUT2D eigenvalue weighted by molar-refractivity contribution is 9.08. The van der Waals surface area contributed by atoms with Crippen LogP contribution in [0.25, 0.3) is 0 Å². The molecule has 104 valence electrons. The van der Waals surface area contributed by atoms with E-state index < -0.39 is 28.9 Å². The minimum atomic E-state index is -1.24. The van der Waals surface area contributed by atoms with Gasteiger partial charge < -0.3 is 5.32 Å². The number of halogens is 4. The van der Waals surface area contributed by atoms with Crippen LogP contribution in [0.3, 0.4) is 0 Å². The number of hydrogen-bond acceptors (Lipinski definition) is 1. The van der Waals surface area contributed by atoms with E-state index in [1.165, 1.54) is 0 Å². The zero-order chi connectivity index (χ0) is 14.7. The lowest BCUT2D eigenvalue weighted by Gasteiger charge is -2.08. The van der Waals surface area contributed by atoms with Crippen molar-refractivity contribution in [1.29, 1.82) is 0 Å². The maximum Gasteiger partial charge on any atom is 0.261 e. The van der Waals surface area contributed by atoms with Crippen molar-refractivity contribution in [3.8, 4) is 0 Å². The van der Waals surface area contributed by atoms with Gasteiger partial charge in [-0.3, -0.25) is 4.79 Å². The molecule has 0 heterocycles. The molecule has 2 aromatic carbocycles. The molecule has 0 unspecified atom stereocenters. The maximum atomic E-state index is 13.5. The Bertz CT molecular complexity index is 638. The Morgan fingerprint density at radius 1 is 1.10 bits per heavy atom. The molecule has 0 saturated heterocycles. The van der Waals surface area contributed by atoms with E-state index in [2.05, 4.69) is 21.2 Å². The molecular weight excluding hydrogens is 335 g/mol. The van der Waals surface area contributed by atoms with Crippen molar-refractivity contribution in [2.24, 2.45) is 0 Å². The fourth-order valence-corrected chi connectivity index (χ4v) is 2.03. The molecule has 0 saturated carbocycles. The molecule has 0 bridgehead atoms. The van der Waals surface area contributed by atoms with Crippen molar-refractivity contribution in [3.05, 3.63) is 65.0 Å². The molecule has 1 amide bonds. The van der Waals surface area contributed by atoms with E-state index in [9.17, 15) is 18.0 Å². The highest BCUT2D eigenvalue weighted by Crippen LogP contribution is 2.18. The Morgan fingerprint density at radius 2 is 1.75 bits per heavy atom. The van der Waals surface area contributed by atoms with Gasteiger partial charge >= 0.3 is 0 Å². The third-order valence-electron chi connectivity index (χ3n) is 2.57. The summed E-state index contributed by atoms with van der Waals surface area (Å²) in [6.07, 6.45) is 0. The van der Waals surface area contributed by atoms with Gasteiger partial charge in [-0.05, 0) is 17.7 Å². The molecule has 1 N–H and O–H groups in total. The lowest BCUT2D eigenvalue weighted by Crippen LogP contribution is -2.16. The zero-order valence-corrected chi connectivity index (χ0v) is 11.7. The van der Waals surface area contributed by atoms with Gasteiger partial charge in [-0.15, -0.1) is 0 Å². The summed E-state index contributed by atoms with van der Waals surface area (Å²) >= 11 is 3.26. The summed E-state index contributed by atoms with van der Waals surface area (Å²) < 4.78 is 39.7. The normalized spacial score (nSPS) is 10.4. The molecule has 0 fully saturated rings. The van der Waals surface area contributed by atoms with Crippen LogP contribution in [-0.2, 0) is 5.33 Å². The number of carbonyl (C=O) groups is 1. The lowest BCUT2D eigenvalue weighted by molar-refractivity contribution is 0.101. The first-order chi connectivity index (χ1) is 9.51. The van der Waals surface area contributed by atoms with Crippen molar-refractivity contribution in [2.75, 3.05) is 5.32 Å². The standard InChI is InChI=1S/C14H9BrF3NO/c15-7-8-2-1-3-10(4-8)19-14(20)13-11(17)5-9(16)6-12(13)18/h1-6H,7H2,(H,19,20). The first-order valence-electron chi connectivity index (χ1n) is 5.62. The van der Waals surface area contributed by atoms with Crippen molar-refractivity contribution < 1.29 is 18.0 Å². The number of alkyl halides is 1. The molecule has 2 rings (SSSR count). The largest absolute Gasteiger partial charge is 0.322 e. The van der Waals surface area contributed by atoms with E-state index in [-0.39, 0.29) is 0 Å². The molecule has 2 aromatic rings. The second-order valence-electron chi connectivity index (χ2n) is 4.03. The average molecular weight is 344 g/mol. The predicted molar refractivity (Wildman–Crippen MR) is 73.3 cm³/mol. The number of amides is 1. The maximum absolute atomic E-state index is 13.5. The summed E-state index contributed by atoms with van der Waals surface area (Å²) in [6, 6.07) is 7.70. The van der Waals surface area contributed by atoms with Crippen LogP contribution >= 0.6 is 15.9 Å². The van der Waals surface area contributed by atoms with E-state index in [1.807, 2.05) is 6.07 Å². The molecule has 0 aliphatic rings. The monoisotopic (exact) mass is 343 g/mol. The van der Waals surface area contributed by atoms with Gasteiger partial charge in [0.1, 0.15) is 23.0 Å². The minimum Gasteiger partial charge on any atom is -0.322 e. The van der Waals surface area contributed by atoms with E-state index >= 15 is 0 Å². The Hall–Kier alpha value is -1.82. The first-order valence-corrected chi connectivity index (χ1v) is 6.74. The van der Waals surface area contributed by atoms with Crippen LogP contribution in [-0.4, -0.2) is 5.91 Å². The van der Waals surface area contributed by atoms with Gasteiger partial charge in [0.25, 0.3) is 5.91 Å². The number of anilines is 1. The van der Waals surface area contributed by atoms with Gasteiger partial charge in [0, 0.05) is 23.2 Å². The second-order valence-corrected chi connectivity index (χ2v) is 4.59. The summed E-state index contributed by atoms with van der Waals surface area (Å²) in [5.41, 5.74) is 0.480. The molecule has 2 nitrogen and oxygen atoms in total.